The van der Waals surface area contributed by atoms with Crippen LogP contribution in [0.3, 0.4) is 0 Å². The highest BCUT2D eigenvalue weighted by Gasteiger charge is 2.40. The lowest BCUT2D eigenvalue weighted by Crippen LogP contribution is -2.53. The Labute approximate surface area is 211 Å². The zero-order valence-electron chi connectivity index (χ0n) is 21.0. The van der Waals surface area contributed by atoms with Crippen molar-refractivity contribution in [3.05, 3.63) is 46.8 Å². The van der Waals surface area contributed by atoms with Crippen LogP contribution in [0.5, 0.6) is 0 Å². The molecule has 1 aliphatic rings. The summed E-state index contributed by atoms with van der Waals surface area (Å²) in [6, 6.07) is 8.11. The Bertz CT molecular complexity index is 1030. The van der Waals surface area contributed by atoms with Crippen LogP contribution in [0.2, 0.25) is 0 Å². The number of likely N-dealkylation sites (tertiary alicyclic amines) is 1. The first-order valence-electron chi connectivity index (χ1n) is 12.3. The fourth-order valence-electron chi connectivity index (χ4n) is 4.53. The molecule has 190 valence electrons. The highest BCUT2D eigenvalue weighted by Crippen LogP contribution is 2.29. The number of nitrogens with two attached hydrogens (primary N) is 1. The third-order valence-electron chi connectivity index (χ3n) is 6.46. The first kappa shape index (κ1) is 27.0. The molecular formula is C27H37N3O4S. The molecule has 1 fully saturated rings. The summed E-state index contributed by atoms with van der Waals surface area (Å²) in [5.74, 6) is -0.583. The summed E-state index contributed by atoms with van der Waals surface area (Å²) in [5, 5.41) is 14.9. The van der Waals surface area contributed by atoms with Crippen LogP contribution in [0.15, 0.2) is 35.7 Å². The van der Waals surface area contributed by atoms with Crippen molar-refractivity contribution in [3.8, 4) is 10.4 Å². The van der Waals surface area contributed by atoms with Crippen LogP contribution in [0, 0.1) is 12.8 Å². The van der Waals surface area contributed by atoms with Gasteiger partial charge in [-0.05, 0) is 60.7 Å². The van der Waals surface area contributed by atoms with Gasteiger partial charge in [0.2, 0.25) is 11.8 Å². The Hall–Kier alpha value is -2.55. The van der Waals surface area contributed by atoms with Crippen LogP contribution >= 0.6 is 11.3 Å². The summed E-state index contributed by atoms with van der Waals surface area (Å²) in [6.07, 6.45) is 0.817. The number of aliphatic hydroxyl groups excluding tert-OH is 1. The SMILES string of the molecule is Cc1ccsc1-c1ccc(CCC(=O)[C@@H]2C[C@@H](O)CN2C(=O)[C@H](C)NC(=O)[C@@H](N)CC(C)C)cc1. The van der Waals surface area contributed by atoms with Gasteiger partial charge in [0.25, 0.3) is 0 Å². The maximum Gasteiger partial charge on any atom is 0.245 e. The van der Waals surface area contributed by atoms with E-state index in [9.17, 15) is 19.5 Å². The predicted octanol–water partition coefficient (Wildman–Crippen LogP) is 3.07. The fraction of sp³-hybridized carbons (Fsp3) is 0.519. The molecule has 0 aliphatic carbocycles. The number of carbonyl (C=O) groups is 3. The molecule has 1 saturated heterocycles. The van der Waals surface area contributed by atoms with E-state index in [0.29, 0.717) is 12.8 Å². The standard InChI is InChI=1S/C27H37N3O4S/c1-16(2)13-22(28)26(33)29-18(4)27(34)30-15-21(31)14-23(30)24(32)10-7-19-5-8-20(9-6-19)25-17(3)11-12-35-25/h5-6,8-9,11-12,16,18,21-23,31H,7,10,13-15,28H2,1-4H3,(H,29,33)/t18-,21+,22-,23-/m0/s1. The Balaban J connectivity index is 1.57. The minimum Gasteiger partial charge on any atom is -0.391 e. The van der Waals surface area contributed by atoms with Gasteiger partial charge in [0.05, 0.1) is 18.2 Å². The largest absolute Gasteiger partial charge is 0.391 e. The summed E-state index contributed by atoms with van der Waals surface area (Å²) < 4.78 is 0. The van der Waals surface area contributed by atoms with Crippen molar-refractivity contribution >= 4 is 28.9 Å². The van der Waals surface area contributed by atoms with Crippen molar-refractivity contribution < 1.29 is 19.5 Å². The van der Waals surface area contributed by atoms with Gasteiger partial charge < -0.3 is 21.1 Å². The monoisotopic (exact) mass is 499 g/mol. The van der Waals surface area contributed by atoms with Crippen molar-refractivity contribution in [1.82, 2.24) is 10.2 Å². The van der Waals surface area contributed by atoms with Gasteiger partial charge in [-0.15, -0.1) is 11.3 Å². The number of Topliss-reactive ketones (excluding diaryl/α,β-unsaturated/α-hetero) is 1. The third-order valence-corrected chi connectivity index (χ3v) is 7.53. The molecule has 1 aromatic heterocycles. The highest BCUT2D eigenvalue weighted by atomic mass is 32.1. The Kier molecular flexibility index (Phi) is 9.21. The molecule has 1 aliphatic heterocycles. The number of β-amino-alcohol motifs (C(OH)–C–C–N with tert-alkyl or cyclic N) is 1. The zero-order chi connectivity index (χ0) is 25.7. The van der Waals surface area contributed by atoms with Crippen molar-refractivity contribution in [2.24, 2.45) is 11.7 Å². The topological polar surface area (TPSA) is 113 Å². The molecule has 2 aromatic rings. The van der Waals surface area contributed by atoms with Crippen LogP contribution in [0.4, 0.5) is 0 Å². The predicted molar refractivity (Wildman–Crippen MR) is 139 cm³/mol. The number of hydrogen-bond acceptors (Lipinski definition) is 6. The van der Waals surface area contributed by atoms with Gasteiger partial charge in [-0.25, -0.2) is 0 Å². The van der Waals surface area contributed by atoms with E-state index in [4.69, 9.17) is 5.73 Å². The zero-order valence-corrected chi connectivity index (χ0v) is 21.8. The van der Waals surface area contributed by atoms with Gasteiger partial charge in [0.1, 0.15) is 6.04 Å². The number of thiophene rings is 1. The number of nitrogens with zero attached hydrogens (tertiary/aromatic N) is 1. The van der Waals surface area contributed by atoms with Crippen molar-refractivity contribution in [3.63, 3.8) is 0 Å². The molecule has 2 amide bonds. The van der Waals surface area contributed by atoms with E-state index in [-0.39, 0.29) is 42.9 Å². The van der Waals surface area contributed by atoms with Gasteiger partial charge in [-0.1, -0.05) is 38.1 Å². The van der Waals surface area contributed by atoms with Crippen molar-refractivity contribution in [1.29, 1.82) is 0 Å². The highest BCUT2D eigenvalue weighted by molar-refractivity contribution is 7.13. The van der Waals surface area contributed by atoms with Crippen LogP contribution in [0.1, 0.15) is 51.2 Å². The molecule has 35 heavy (non-hydrogen) atoms. The molecule has 0 spiro atoms. The van der Waals surface area contributed by atoms with Gasteiger partial charge in [-0.2, -0.15) is 0 Å². The van der Waals surface area contributed by atoms with Gasteiger partial charge in [-0.3, -0.25) is 14.4 Å². The molecule has 0 unspecified atom stereocenters. The number of amides is 2. The van der Waals surface area contributed by atoms with Gasteiger partial charge >= 0.3 is 0 Å². The number of nitrogens with one attached hydrogen (secondary N) is 1. The number of aryl methyl sites for hydroxylation is 2. The second-order valence-electron chi connectivity index (χ2n) is 9.96. The molecule has 7 nitrogen and oxygen atoms in total. The number of rotatable bonds is 10. The van der Waals surface area contributed by atoms with E-state index in [0.717, 1.165) is 11.1 Å². The van der Waals surface area contributed by atoms with Gasteiger partial charge in [0.15, 0.2) is 5.78 Å². The third kappa shape index (κ3) is 6.99. The van der Waals surface area contributed by atoms with Gasteiger partial charge in [0, 0.05) is 24.3 Å². The Morgan fingerprint density at radius 1 is 1.17 bits per heavy atom. The van der Waals surface area contributed by atoms with E-state index in [2.05, 4.69) is 35.8 Å². The Morgan fingerprint density at radius 2 is 1.86 bits per heavy atom. The number of hydrogen-bond donors (Lipinski definition) is 3. The van der Waals surface area contributed by atoms with Crippen LogP contribution in [-0.4, -0.2) is 58.4 Å². The minimum atomic E-state index is -0.824. The quantitative estimate of drug-likeness (QED) is 0.465. The molecule has 0 radical (unpaired) electrons. The first-order valence-corrected chi connectivity index (χ1v) is 13.1. The summed E-state index contributed by atoms with van der Waals surface area (Å²) in [7, 11) is 0. The first-order chi connectivity index (χ1) is 16.6. The lowest BCUT2D eigenvalue weighted by atomic mass is 10.00. The maximum atomic E-state index is 13.0. The average molecular weight is 500 g/mol. The van der Waals surface area contributed by atoms with Crippen molar-refractivity contribution in [2.45, 2.75) is 77.6 Å². The molecule has 2 heterocycles. The molecule has 0 saturated carbocycles. The summed E-state index contributed by atoms with van der Waals surface area (Å²) >= 11 is 1.71. The second-order valence-corrected chi connectivity index (χ2v) is 10.9. The molecule has 1 aromatic carbocycles. The fourth-order valence-corrected chi connectivity index (χ4v) is 5.47. The molecule has 8 heteroatoms. The van der Waals surface area contributed by atoms with E-state index >= 15 is 0 Å². The van der Waals surface area contributed by atoms with E-state index in [1.54, 1.807) is 18.3 Å². The average Bonchev–Trinajstić information content (AvgIpc) is 3.42. The molecule has 4 atom stereocenters. The molecule has 3 rings (SSSR count). The lowest BCUT2D eigenvalue weighted by molar-refractivity contribution is -0.140. The second kappa shape index (κ2) is 11.9. The summed E-state index contributed by atoms with van der Waals surface area (Å²) in [4.78, 5) is 41.1. The van der Waals surface area contributed by atoms with E-state index in [1.807, 2.05) is 26.0 Å². The molecule has 4 N–H and O–H groups in total. The Morgan fingerprint density at radius 3 is 2.46 bits per heavy atom. The summed E-state index contributed by atoms with van der Waals surface area (Å²) in [5.41, 5.74) is 9.38. The number of aliphatic hydroxyl groups is 1. The maximum absolute atomic E-state index is 13.0. The number of benzene rings is 1. The van der Waals surface area contributed by atoms with E-state index < -0.39 is 24.2 Å². The van der Waals surface area contributed by atoms with E-state index in [1.165, 1.54) is 15.3 Å². The number of carbonyl (C=O) groups excluding carboxylic acids is 3. The van der Waals surface area contributed by atoms with Crippen LogP contribution < -0.4 is 11.1 Å². The molecule has 0 bridgehead atoms. The summed E-state index contributed by atoms with van der Waals surface area (Å²) in [6.45, 7) is 7.72. The molecular weight excluding hydrogens is 462 g/mol. The van der Waals surface area contributed by atoms with Crippen molar-refractivity contribution in [2.75, 3.05) is 6.54 Å². The van der Waals surface area contributed by atoms with Crippen LogP contribution in [0.25, 0.3) is 10.4 Å². The minimum absolute atomic E-state index is 0.0805. The smallest absolute Gasteiger partial charge is 0.245 e. The number of ketones is 1. The lowest BCUT2D eigenvalue weighted by Gasteiger charge is -2.27. The van der Waals surface area contributed by atoms with Crippen LogP contribution in [-0.2, 0) is 20.8 Å². The normalized spacial score (nSPS) is 19.6.